The van der Waals surface area contributed by atoms with Crippen LogP contribution in [-0.2, 0) is 15.5 Å². The first-order valence-electron chi connectivity index (χ1n) is 5.31. The Hall–Kier alpha value is -0.740. The van der Waals surface area contributed by atoms with Gasteiger partial charge in [0.05, 0.1) is 23.2 Å². The Morgan fingerprint density at radius 3 is 2.81 bits per heavy atom. The maximum atomic E-state index is 12.9. The van der Waals surface area contributed by atoms with Gasteiger partial charge in [-0.2, -0.15) is 0 Å². The predicted molar refractivity (Wildman–Crippen MR) is 63.3 cm³/mol. The molecule has 0 amide bonds. The topological polar surface area (TPSA) is 26.3 Å². The van der Waals surface area contributed by atoms with Crippen molar-refractivity contribution in [2.24, 2.45) is 5.92 Å². The third-order valence-corrected chi connectivity index (χ3v) is 3.24. The lowest BCUT2D eigenvalue weighted by molar-refractivity contribution is 0.123. The second kappa shape index (κ2) is 6.76. The van der Waals surface area contributed by atoms with Crippen LogP contribution in [0.4, 0.5) is 4.39 Å². The van der Waals surface area contributed by atoms with E-state index in [1.165, 1.54) is 12.1 Å². The molecular weight excluding hydrogens is 227 g/mol. The number of rotatable bonds is 6. The Morgan fingerprint density at radius 1 is 1.44 bits per heavy atom. The van der Waals surface area contributed by atoms with Crippen LogP contribution in [-0.4, -0.2) is 23.2 Å². The van der Waals surface area contributed by atoms with E-state index in [0.29, 0.717) is 29.8 Å². The Morgan fingerprint density at radius 2 is 2.19 bits per heavy atom. The largest absolute Gasteiger partial charge is 0.380 e. The summed E-state index contributed by atoms with van der Waals surface area (Å²) in [5, 5.41) is 0. The molecule has 1 unspecified atom stereocenters. The van der Waals surface area contributed by atoms with Gasteiger partial charge in [-0.05, 0) is 24.1 Å². The molecule has 0 bridgehead atoms. The van der Waals surface area contributed by atoms with Crippen LogP contribution in [0.1, 0.15) is 13.8 Å². The fourth-order valence-corrected chi connectivity index (χ4v) is 2.16. The molecule has 0 fully saturated rings. The Bertz CT molecular complexity index is 353. The molecule has 0 spiro atoms. The average molecular weight is 244 g/mol. The molecule has 1 atom stereocenters. The zero-order valence-electron chi connectivity index (χ0n) is 9.61. The summed E-state index contributed by atoms with van der Waals surface area (Å²) in [7, 11) is -1.17. The van der Waals surface area contributed by atoms with Gasteiger partial charge in [0, 0.05) is 11.5 Å². The summed E-state index contributed by atoms with van der Waals surface area (Å²) in [5.74, 6) is 0.535. The quantitative estimate of drug-likeness (QED) is 0.719. The third kappa shape index (κ3) is 4.86. The monoisotopic (exact) mass is 244 g/mol. The molecule has 1 aromatic rings. The molecule has 0 aliphatic rings. The summed E-state index contributed by atoms with van der Waals surface area (Å²) in [6, 6.07) is 5.88. The molecule has 0 aromatic heterocycles. The van der Waals surface area contributed by atoms with E-state index in [1.807, 2.05) is 0 Å². The summed E-state index contributed by atoms with van der Waals surface area (Å²) in [5.41, 5.74) is 0. The molecule has 0 N–H and O–H groups in total. The van der Waals surface area contributed by atoms with Crippen molar-refractivity contribution < 1.29 is 13.3 Å². The van der Waals surface area contributed by atoms with Gasteiger partial charge in [-0.15, -0.1) is 0 Å². The first-order valence-corrected chi connectivity index (χ1v) is 6.63. The van der Waals surface area contributed by atoms with E-state index < -0.39 is 10.8 Å². The molecule has 0 radical (unpaired) electrons. The number of hydrogen-bond acceptors (Lipinski definition) is 2. The van der Waals surface area contributed by atoms with Gasteiger partial charge in [-0.3, -0.25) is 4.21 Å². The van der Waals surface area contributed by atoms with Gasteiger partial charge >= 0.3 is 0 Å². The zero-order chi connectivity index (χ0) is 12.0. The molecule has 1 aromatic carbocycles. The van der Waals surface area contributed by atoms with Crippen molar-refractivity contribution in [1.82, 2.24) is 0 Å². The average Bonchev–Trinajstić information content (AvgIpc) is 2.24. The summed E-state index contributed by atoms with van der Waals surface area (Å²) in [6.07, 6.45) is 0. The summed E-state index contributed by atoms with van der Waals surface area (Å²) in [6.45, 7) is 5.23. The van der Waals surface area contributed by atoms with Crippen molar-refractivity contribution in [2.75, 3.05) is 19.0 Å². The third-order valence-electron chi connectivity index (χ3n) is 1.92. The molecule has 90 valence electrons. The van der Waals surface area contributed by atoms with E-state index in [9.17, 15) is 8.60 Å². The number of ether oxygens (including phenoxy) is 1. The summed E-state index contributed by atoms with van der Waals surface area (Å²) >= 11 is 0. The van der Waals surface area contributed by atoms with Crippen LogP contribution in [0.3, 0.4) is 0 Å². The molecule has 0 heterocycles. The lowest BCUT2D eigenvalue weighted by Crippen LogP contribution is -2.10. The molecule has 0 saturated heterocycles. The lowest BCUT2D eigenvalue weighted by atomic mass is 10.2. The first-order chi connectivity index (χ1) is 7.59. The summed E-state index contributed by atoms with van der Waals surface area (Å²) in [4.78, 5) is 0.521. The second-order valence-corrected chi connectivity index (χ2v) is 5.55. The maximum Gasteiger partial charge on any atom is 0.124 e. The zero-order valence-corrected chi connectivity index (χ0v) is 10.4. The van der Waals surface area contributed by atoms with Crippen LogP contribution < -0.4 is 0 Å². The Kier molecular flexibility index (Phi) is 5.63. The van der Waals surface area contributed by atoms with Crippen LogP contribution in [0, 0.1) is 11.7 Å². The van der Waals surface area contributed by atoms with E-state index in [-0.39, 0.29) is 5.82 Å². The van der Waals surface area contributed by atoms with E-state index in [1.54, 1.807) is 12.1 Å². The van der Waals surface area contributed by atoms with E-state index in [0.717, 1.165) is 0 Å². The van der Waals surface area contributed by atoms with Crippen LogP contribution in [0.5, 0.6) is 0 Å². The van der Waals surface area contributed by atoms with Gasteiger partial charge in [-0.25, -0.2) is 4.39 Å². The van der Waals surface area contributed by atoms with E-state index >= 15 is 0 Å². The van der Waals surface area contributed by atoms with Crippen molar-refractivity contribution in [2.45, 2.75) is 18.7 Å². The van der Waals surface area contributed by atoms with Crippen LogP contribution in [0.2, 0.25) is 0 Å². The highest BCUT2D eigenvalue weighted by Crippen LogP contribution is 2.08. The van der Waals surface area contributed by atoms with E-state index in [4.69, 9.17) is 4.74 Å². The molecule has 2 nitrogen and oxygen atoms in total. The van der Waals surface area contributed by atoms with Crippen molar-refractivity contribution in [1.29, 1.82) is 0 Å². The standard InChI is InChI=1S/C12H17FO2S/c1-10(2)9-15-6-7-16(14)12-5-3-4-11(13)8-12/h3-5,8,10H,6-7,9H2,1-2H3. The van der Waals surface area contributed by atoms with Gasteiger partial charge < -0.3 is 4.74 Å². The summed E-state index contributed by atoms with van der Waals surface area (Å²) < 4.78 is 29.9. The highest BCUT2D eigenvalue weighted by atomic mass is 32.2. The van der Waals surface area contributed by atoms with Gasteiger partial charge in [0.25, 0.3) is 0 Å². The van der Waals surface area contributed by atoms with Crippen LogP contribution in [0.25, 0.3) is 0 Å². The maximum absolute atomic E-state index is 12.9. The molecule has 4 heteroatoms. The Balaban J connectivity index is 2.35. The minimum atomic E-state index is -1.17. The van der Waals surface area contributed by atoms with Crippen molar-refractivity contribution in [3.63, 3.8) is 0 Å². The van der Waals surface area contributed by atoms with Gasteiger partial charge in [-0.1, -0.05) is 19.9 Å². The number of hydrogen-bond donors (Lipinski definition) is 0. The van der Waals surface area contributed by atoms with Crippen molar-refractivity contribution in [3.8, 4) is 0 Å². The first kappa shape index (κ1) is 13.3. The lowest BCUT2D eigenvalue weighted by Gasteiger charge is -2.06. The minimum Gasteiger partial charge on any atom is -0.380 e. The smallest absolute Gasteiger partial charge is 0.124 e. The Labute approximate surface area is 98.3 Å². The minimum absolute atomic E-state index is 0.353. The molecule has 0 saturated carbocycles. The molecule has 0 aliphatic heterocycles. The van der Waals surface area contributed by atoms with Gasteiger partial charge in [0.2, 0.25) is 0 Å². The van der Waals surface area contributed by atoms with Gasteiger partial charge in [0.15, 0.2) is 0 Å². The van der Waals surface area contributed by atoms with Crippen LogP contribution in [0.15, 0.2) is 29.2 Å². The number of halogens is 1. The predicted octanol–water partition coefficient (Wildman–Crippen LogP) is 2.61. The van der Waals surface area contributed by atoms with Crippen molar-refractivity contribution in [3.05, 3.63) is 30.1 Å². The molecule has 0 aliphatic carbocycles. The van der Waals surface area contributed by atoms with Crippen LogP contribution >= 0.6 is 0 Å². The highest BCUT2D eigenvalue weighted by molar-refractivity contribution is 7.85. The SMILES string of the molecule is CC(C)COCCS(=O)c1cccc(F)c1. The molecule has 1 rings (SSSR count). The van der Waals surface area contributed by atoms with Gasteiger partial charge in [0.1, 0.15) is 5.82 Å². The van der Waals surface area contributed by atoms with E-state index in [2.05, 4.69) is 13.8 Å². The molecular formula is C12H17FO2S. The highest BCUT2D eigenvalue weighted by Gasteiger charge is 2.04. The fourth-order valence-electron chi connectivity index (χ4n) is 1.18. The second-order valence-electron chi connectivity index (χ2n) is 3.98. The fraction of sp³-hybridized carbons (Fsp3) is 0.500. The number of benzene rings is 1. The molecule has 16 heavy (non-hydrogen) atoms. The van der Waals surface area contributed by atoms with Crippen molar-refractivity contribution >= 4 is 10.8 Å². The normalized spacial score (nSPS) is 13.0.